The molecule has 0 bridgehead atoms. The molecule has 1 fully saturated rings. The highest BCUT2D eigenvalue weighted by molar-refractivity contribution is 5.90. The van der Waals surface area contributed by atoms with Crippen molar-refractivity contribution in [2.45, 2.75) is 26.2 Å². The van der Waals surface area contributed by atoms with Gasteiger partial charge in [0.1, 0.15) is 0 Å². The number of aliphatic hydroxyl groups excluding tert-OH is 1. The minimum absolute atomic E-state index is 0.161. The van der Waals surface area contributed by atoms with Crippen LogP contribution >= 0.6 is 0 Å². The van der Waals surface area contributed by atoms with Gasteiger partial charge in [0.2, 0.25) is 5.91 Å². The fraction of sp³-hybridized carbons (Fsp3) is 0.471. The number of carbonyl (C=O) groups excluding carboxylic acids is 1. The van der Waals surface area contributed by atoms with Gasteiger partial charge in [-0.1, -0.05) is 25.1 Å². The van der Waals surface area contributed by atoms with Gasteiger partial charge in [-0.2, -0.15) is 0 Å². The Labute approximate surface area is 124 Å². The zero-order valence-electron chi connectivity index (χ0n) is 12.4. The number of aromatic amines is 1. The number of aliphatic hydroxyl groups is 1. The number of fused-ring (bicyclic) bond motifs is 1. The van der Waals surface area contributed by atoms with E-state index in [-0.39, 0.29) is 18.4 Å². The summed E-state index contributed by atoms with van der Waals surface area (Å²) in [5.74, 6) is 0.414. The standard InChI is InChI=1S/C17H22N2O2/c1-2-13-4-3-5-15-14(9-18-17(13)15)8-16(21)19-7-6-12(10-19)11-20/h3-5,9,12,18,20H,2,6-8,10-11H2,1H3. The molecule has 4 nitrogen and oxygen atoms in total. The Kier molecular flexibility index (Phi) is 3.97. The van der Waals surface area contributed by atoms with Crippen molar-refractivity contribution in [2.75, 3.05) is 19.7 Å². The molecule has 2 N–H and O–H groups in total. The summed E-state index contributed by atoms with van der Waals surface area (Å²) in [6.45, 7) is 3.78. The van der Waals surface area contributed by atoms with E-state index >= 15 is 0 Å². The van der Waals surface area contributed by atoms with Gasteiger partial charge in [-0.15, -0.1) is 0 Å². The number of hydrogen-bond acceptors (Lipinski definition) is 2. The van der Waals surface area contributed by atoms with Crippen molar-refractivity contribution in [3.8, 4) is 0 Å². The SMILES string of the molecule is CCc1cccc2c(CC(=O)N3CCC(CO)C3)c[nH]c12. The van der Waals surface area contributed by atoms with Crippen molar-refractivity contribution in [1.29, 1.82) is 0 Å². The summed E-state index contributed by atoms with van der Waals surface area (Å²) in [5.41, 5.74) is 3.50. The summed E-state index contributed by atoms with van der Waals surface area (Å²) in [6.07, 6.45) is 4.29. The smallest absolute Gasteiger partial charge is 0.227 e. The molecule has 4 heteroatoms. The normalized spacial score (nSPS) is 18.6. The fourth-order valence-corrected chi connectivity index (χ4v) is 3.20. The Morgan fingerprint density at radius 2 is 2.29 bits per heavy atom. The molecule has 1 atom stereocenters. The number of benzene rings is 1. The highest BCUT2D eigenvalue weighted by atomic mass is 16.3. The number of aryl methyl sites for hydroxylation is 1. The second-order valence-electron chi connectivity index (χ2n) is 5.86. The first kappa shape index (κ1) is 14.1. The molecule has 0 radical (unpaired) electrons. The van der Waals surface area contributed by atoms with Gasteiger partial charge in [0, 0.05) is 42.7 Å². The van der Waals surface area contributed by atoms with E-state index in [2.05, 4.69) is 30.1 Å². The van der Waals surface area contributed by atoms with Crippen molar-refractivity contribution >= 4 is 16.8 Å². The number of amides is 1. The van der Waals surface area contributed by atoms with Crippen LogP contribution in [-0.2, 0) is 17.6 Å². The van der Waals surface area contributed by atoms with Crippen LogP contribution in [0, 0.1) is 5.92 Å². The summed E-state index contributed by atoms with van der Waals surface area (Å²) in [7, 11) is 0. The van der Waals surface area contributed by atoms with Crippen LogP contribution in [0.4, 0.5) is 0 Å². The summed E-state index contributed by atoms with van der Waals surface area (Å²) in [6, 6.07) is 6.26. The molecular weight excluding hydrogens is 264 g/mol. The molecule has 1 saturated heterocycles. The number of nitrogens with zero attached hydrogens (tertiary/aromatic N) is 1. The number of likely N-dealkylation sites (tertiary alicyclic amines) is 1. The second-order valence-corrected chi connectivity index (χ2v) is 5.86. The number of rotatable bonds is 4. The number of hydrogen-bond donors (Lipinski definition) is 2. The third kappa shape index (κ3) is 2.68. The highest BCUT2D eigenvalue weighted by Gasteiger charge is 2.26. The maximum atomic E-state index is 12.4. The van der Waals surface area contributed by atoms with E-state index in [0.29, 0.717) is 13.0 Å². The molecule has 0 spiro atoms. The van der Waals surface area contributed by atoms with Crippen LogP contribution in [0.2, 0.25) is 0 Å². The van der Waals surface area contributed by atoms with Gasteiger partial charge >= 0.3 is 0 Å². The van der Waals surface area contributed by atoms with Crippen molar-refractivity contribution in [3.05, 3.63) is 35.5 Å². The zero-order chi connectivity index (χ0) is 14.8. The van der Waals surface area contributed by atoms with Gasteiger partial charge in [0.25, 0.3) is 0 Å². The number of carbonyl (C=O) groups is 1. The lowest BCUT2D eigenvalue weighted by Gasteiger charge is -2.15. The molecule has 112 valence electrons. The van der Waals surface area contributed by atoms with Crippen LogP contribution in [0.15, 0.2) is 24.4 Å². The van der Waals surface area contributed by atoms with Crippen molar-refractivity contribution in [1.82, 2.24) is 9.88 Å². The maximum absolute atomic E-state index is 12.4. The van der Waals surface area contributed by atoms with Crippen molar-refractivity contribution in [2.24, 2.45) is 5.92 Å². The van der Waals surface area contributed by atoms with Crippen LogP contribution in [0.3, 0.4) is 0 Å². The molecule has 0 saturated carbocycles. The maximum Gasteiger partial charge on any atom is 0.227 e. The molecule has 1 aromatic heterocycles. The third-order valence-electron chi connectivity index (χ3n) is 4.51. The van der Waals surface area contributed by atoms with E-state index in [9.17, 15) is 9.90 Å². The van der Waals surface area contributed by atoms with E-state index < -0.39 is 0 Å². The van der Waals surface area contributed by atoms with E-state index in [1.807, 2.05) is 11.1 Å². The first-order chi connectivity index (χ1) is 10.2. The number of nitrogens with one attached hydrogen (secondary N) is 1. The monoisotopic (exact) mass is 286 g/mol. The molecule has 1 aromatic carbocycles. The zero-order valence-corrected chi connectivity index (χ0v) is 12.4. The predicted octanol–water partition coefficient (Wildman–Crippen LogP) is 2.11. The predicted molar refractivity (Wildman–Crippen MR) is 83.2 cm³/mol. The second kappa shape index (κ2) is 5.90. The first-order valence-corrected chi connectivity index (χ1v) is 7.69. The third-order valence-corrected chi connectivity index (χ3v) is 4.51. The van der Waals surface area contributed by atoms with E-state index in [4.69, 9.17) is 0 Å². The molecule has 1 amide bonds. The number of para-hydroxylation sites is 1. The van der Waals surface area contributed by atoms with Gasteiger partial charge in [-0.05, 0) is 24.0 Å². The van der Waals surface area contributed by atoms with Crippen LogP contribution in [0.25, 0.3) is 10.9 Å². The lowest BCUT2D eigenvalue weighted by Crippen LogP contribution is -2.30. The Hall–Kier alpha value is -1.81. The van der Waals surface area contributed by atoms with Crippen LogP contribution in [0.5, 0.6) is 0 Å². The topological polar surface area (TPSA) is 56.3 Å². The fourth-order valence-electron chi connectivity index (χ4n) is 3.20. The number of aromatic nitrogens is 1. The molecule has 1 unspecified atom stereocenters. The van der Waals surface area contributed by atoms with E-state index in [1.165, 1.54) is 5.56 Å². The molecule has 1 aliphatic rings. The Bertz CT molecular complexity index is 647. The van der Waals surface area contributed by atoms with Crippen LogP contribution < -0.4 is 0 Å². The Balaban J connectivity index is 1.78. The van der Waals surface area contributed by atoms with Crippen LogP contribution in [-0.4, -0.2) is 40.6 Å². The Morgan fingerprint density at radius 3 is 3.00 bits per heavy atom. The lowest BCUT2D eigenvalue weighted by molar-refractivity contribution is -0.129. The summed E-state index contributed by atoms with van der Waals surface area (Å²) in [4.78, 5) is 17.6. The van der Waals surface area contributed by atoms with Gasteiger partial charge < -0.3 is 15.0 Å². The largest absolute Gasteiger partial charge is 0.396 e. The average molecular weight is 286 g/mol. The minimum Gasteiger partial charge on any atom is -0.396 e. The first-order valence-electron chi connectivity index (χ1n) is 7.69. The summed E-state index contributed by atoms with van der Waals surface area (Å²) >= 11 is 0. The number of H-pyrrole nitrogens is 1. The average Bonchev–Trinajstić information content (AvgIpc) is 3.14. The summed E-state index contributed by atoms with van der Waals surface area (Å²) in [5, 5.41) is 10.3. The highest BCUT2D eigenvalue weighted by Crippen LogP contribution is 2.24. The molecule has 2 aromatic rings. The molecule has 0 aliphatic carbocycles. The Morgan fingerprint density at radius 1 is 1.43 bits per heavy atom. The van der Waals surface area contributed by atoms with E-state index in [0.717, 1.165) is 35.9 Å². The quantitative estimate of drug-likeness (QED) is 0.904. The van der Waals surface area contributed by atoms with E-state index in [1.54, 1.807) is 0 Å². The molecule has 1 aliphatic heterocycles. The summed E-state index contributed by atoms with van der Waals surface area (Å²) < 4.78 is 0. The minimum atomic E-state index is 0.161. The molecule has 21 heavy (non-hydrogen) atoms. The van der Waals surface area contributed by atoms with Gasteiger partial charge in [0.15, 0.2) is 0 Å². The molecule has 2 heterocycles. The van der Waals surface area contributed by atoms with Gasteiger partial charge in [0.05, 0.1) is 6.42 Å². The van der Waals surface area contributed by atoms with Crippen molar-refractivity contribution in [3.63, 3.8) is 0 Å². The molecular formula is C17H22N2O2. The van der Waals surface area contributed by atoms with Crippen LogP contribution in [0.1, 0.15) is 24.5 Å². The van der Waals surface area contributed by atoms with Crippen molar-refractivity contribution < 1.29 is 9.90 Å². The van der Waals surface area contributed by atoms with Gasteiger partial charge in [-0.3, -0.25) is 4.79 Å². The lowest BCUT2D eigenvalue weighted by atomic mass is 10.1. The molecule has 3 rings (SSSR count). The van der Waals surface area contributed by atoms with Gasteiger partial charge in [-0.25, -0.2) is 0 Å².